The zero-order chi connectivity index (χ0) is 14.4. The van der Waals surface area contributed by atoms with Gasteiger partial charge in [-0.15, -0.1) is 0 Å². The topological polar surface area (TPSA) is 47.1 Å². The van der Waals surface area contributed by atoms with E-state index in [0.29, 0.717) is 18.2 Å². The van der Waals surface area contributed by atoms with Crippen molar-refractivity contribution in [2.45, 2.75) is 0 Å². The second-order valence-electron chi connectivity index (χ2n) is 4.72. The molecule has 1 aromatic heterocycles. The van der Waals surface area contributed by atoms with Gasteiger partial charge >= 0.3 is 0 Å². The second kappa shape index (κ2) is 4.93. The van der Waals surface area contributed by atoms with Gasteiger partial charge in [0.2, 0.25) is 0 Å². The highest BCUT2D eigenvalue weighted by atomic mass is 79.9. The fraction of sp³-hybridized carbons (Fsp3) is 0.133. The number of aromatic amines is 1. The number of nitrogens with one attached hydrogen (secondary N) is 1. The fourth-order valence-electron chi connectivity index (χ4n) is 2.36. The van der Waals surface area contributed by atoms with Gasteiger partial charge in [-0.2, -0.15) is 0 Å². The zero-order valence-corrected chi connectivity index (χ0v) is 13.2. The summed E-state index contributed by atoms with van der Waals surface area (Å²) in [5.41, 5.74) is 2.71. The molecule has 4 nitrogen and oxygen atoms in total. The number of hydrogen-bond acceptors (Lipinski definition) is 3. The van der Waals surface area contributed by atoms with Crippen LogP contribution in [0.3, 0.4) is 0 Å². The third kappa shape index (κ3) is 2.26. The largest absolute Gasteiger partial charge is 0.486 e. The Kier molecular flexibility index (Phi) is 3.05. The molecule has 0 spiro atoms. The summed E-state index contributed by atoms with van der Waals surface area (Å²) in [6.45, 7) is 1.14. The van der Waals surface area contributed by atoms with Gasteiger partial charge in [-0.1, -0.05) is 11.6 Å². The van der Waals surface area contributed by atoms with E-state index in [-0.39, 0.29) is 0 Å². The molecule has 0 unspecified atom stereocenters. The van der Waals surface area contributed by atoms with E-state index in [0.717, 1.165) is 38.4 Å². The number of H-pyrrole nitrogens is 1. The van der Waals surface area contributed by atoms with Crippen molar-refractivity contribution in [3.8, 4) is 22.9 Å². The molecule has 0 saturated heterocycles. The Labute approximate surface area is 134 Å². The first kappa shape index (κ1) is 13.0. The lowest BCUT2D eigenvalue weighted by atomic mass is 10.2. The van der Waals surface area contributed by atoms with Crippen molar-refractivity contribution in [3.05, 3.63) is 39.8 Å². The third-order valence-corrected chi connectivity index (χ3v) is 4.22. The molecule has 0 radical (unpaired) electrons. The zero-order valence-electron chi connectivity index (χ0n) is 10.8. The van der Waals surface area contributed by atoms with Gasteiger partial charge in [0.05, 0.1) is 11.0 Å². The highest BCUT2D eigenvalue weighted by molar-refractivity contribution is 9.10. The molecule has 1 aliphatic heterocycles. The van der Waals surface area contributed by atoms with Gasteiger partial charge in [0.1, 0.15) is 19.0 Å². The maximum atomic E-state index is 5.98. The molecular formula is C15H10BrClN2O2. The number of ether oxygens (including phenoxy) is 2. The van der Waals surface area contributed by atoms with Gasteiger partial charge in [-0.25, -0.2) is 4.98 Å². The maximum absolute atomic E-state index is 5.98. The summed E-state index contributed by atoms with van der Waals surface area (Å²) in [6, 6.07) is 9.43. The Morgan fingerprint density at radius 1 is 1.10 bits per heavy atom. The van der Waals surface area contributed by atoms with Crippen LogP contribution in [0, 0.1) is 0 Å². The van der Waals surface area contributed by atoms with Crippen molar-refractivity contribution >= 4 is 38.6 Å². The number of aromatic nitrogens is 2. The van der Waals surface area contributed by atoms with E-state index in [1.807, 2.05) is 30.3 Å². The summed E-state index contributed by atoms with van der Waals surface area (Å²) < 4.78 is 12.1. The Bertz CT molecular complexity index is 804. The van der Waals surface area contributed by atoms with Crippen LogP contribution in [0.1, 0.15) is 0 Å². The van der Waals surface area contributed by atoms with Crippen molar-refractivity contribution < 1.29 is 9.47 Å². The van der Waals surface area contributed by atoms with Gasteiger partial charge in [0.15, 0.2) is 11.5 Å². The molecule has 0 bridgehead atoms. The number of imidazole rings is 1. The summed E-state index contributed by atoms with van der Waals surface area (Å²) in [4.78, 5) is 7.92. The van der Waals surface area contributed by atoms with Crippen LogP contribution in [0.15, 0.2) is 34.8 Å². The third-order valence-electron chi connectivity index (χ3n) is 3.33. The summed E-state index contributed by atoms with van der Waals surface area (Å²) in [5, 5.41) is 0.680. The molecule has 3 aromatic rings. The molecule has 21 heavy (non-hydrogen) atoms. The van der Waals surface area contributed by atoms with Crippen molar-refractivity contribution in [2.75, 3.05) is 13.2 Å². The Hall–Kier alpha value is -1.72. The number of fused-ring (bicyclic) bond motifs is 2. The lowest BCUT2D eigenvalue weighted by molar-refractivity contribution is 0.172. The second-order valence-corrected chi connectivity index (χ2v) is 6.01. The van der Waals surface area contributed by atoms with E-state index in [4.69, 9.17) is 21.1 Å². The molecule has 106 valence electrons. The van der Waals surface area contributed by atoms with Crippen LogP contribution in [0.4, 0.5) is 0 Å². The standard InChI is InChI=1S/C15H10BrClN2O2/c16-10-5-8(17)1-2-9(10)15-18-11-6-13-14(7-12(11)19-15)21-4-3-20-13/h1-2,5-7H,3-4H2,(H,18,19). The number of nitrogens with zero attached hydrogens (tertiary/aromatic N) is 1. The van der Waals surface area contributed by atoms with Gasteiger partial charge in [0.25, 0.3) is 0 Å². The highest BCUT2D eigenvalue weighted by Gasteiger charge is 2.16. The molecule has 4 rings (SSSR count). The Morgan fingerprint density at radius 3 is 2.62 bits per heavy atom. The number of halogens is 2. The number of hydrogen-bond donors (Lipinski definition) is 1. The van der Waals surface area contributed by atoms with Crippen molar-refractivity contribution in [3.63, 3.8) is 0 Å². The van der Waals surface area contributed by atoms with Gasteiger partial charge in [-0.3, -0.25) is 0 Å². The van der Waals surface area contributed by atoms with E-state index in [1.54, 1.807) is 0 Å². The molecule has 0 aliphatic carbocycles. The van der Waals surface area contributed by atoms with E-state index in [2.05, 4.69) is 25.9 Å². The van der Waals surface area contributed by atoms with Crippen LogP contribution >= 0.6 is 27.5 Å². The SMILES string of the molecule is Clc1ccc(-c2nc3cc4c(cc3[nH]2)OCCO4)c(Br)c1. The van der Waals surface area contributed by atoms with Crippen LogP contribution in [-0.4, -0.2) is 23.2 Å². The molecule has 0 amide bonds. The minimum absolute atomic E-state index is 0.568. The molecule has 6 heteroatoms. The predicted octanol–water partition coefficient (Wildman–Crippen LogP) is 4.42. The average molecular weight is 366 g/mol. The molecule has 2 heterocycles. The van der Waals surface area contributed by atoms with Crippen LogP contribution in [0.2, 0.25) is 5.02 Å². The first-order valence-electron chi connectivity index (χ1n) is 6.45. The lowest BCUT2D eigenvalue weighted by Gasteiger charge is -2.17. The van der Waals surface area contributed by atoms with Gasteiger partial charge in [-0.05, 0) is 34.1 Å². The normalized spacial score (nSPS) is 13.6. The van der Waals surface area contributed by atoms with Crippen LogP contribution < -0.4 is 9.47 Å². The molecule has 1 aliphatic rings. The maximum Gasteiger partial charge on any atom is 0.163 e. The first-order chi connectivity index (χ1) is 10.2. The van der Waals surface area contributed by atoms with E-state index >= 15 is 0 Å². The molecular weight excluding hydrogens is 356 g/mol. The quantitative estimate of drug-likeness (QED) is 0.694. The van der Waals surface area contributed by atoms with Crippen molar-refractivity contribution in [1.29, 1.82) is 0 Å². The van der Waals surface area contributed by atoms with E-state index < -0.39 is 0 Å². The number of rotatable bonds is 1. The van der Waals surface area contributed by atoms with Crippen LogP contribution in [0.5, 0.6) is 11.5 Å². The molecule has 1 N–H and O–H groups in total. The van der Waals surface area contributed by atoms with Crippen molar-refractivity contribution in [2.24, 2.45) is 0 Å². The van der Waals surface area contributed by atoms with Crippen LogP contribution in [0.25, 0.3) is 22.4 Å². The van der Waals surface area contributed by atoms with Gasteiger partial charge in [0, 0.05) is 27.2 Å². The molecule has 0 fully saturated rings. The minimum Gasteiger partial charge on any atom is -0.486 e. The van der Waals surface area contributed by atoms with Crippen molar-refractivity contribution in [1.82, 2.24) is 9.97 Å². The lowest BCUT2D eigenvalue weighted by Crippen LogP contribution is -2.15. The number of benzene rings is 2. The summed E-state index contributed by atoms with van der Waals surface area (Å²) >= 11 is 9.49. The van der Waals surface area contributed by atoms with E-state index in [1.165, 1.54) is 0 Å². The molecule has 0 atom stereocenters. The Balaban J connectivity index is 1.86. The fourth-order valence-corrected chi connectivity index (χ4v) is 3.23. The summed E-state index contributed by atoms with van der Waals surface area (Å²) in [6.07, 6.45) is 0. The minimum atomic E-state index is 0.568. The smallest absolute Gasteiger partial charge is 0.163 e. The molecule has 0 saturated carbocycles. The highest BCUT2D eigenvalue weighted by Crippen LogP contribution is 2.36. The van der Waals surface area contributed by atoms with Crippen LogP contribution in [-0.2, 0) is 0 Å². The van der Waals surface area contributed by atoms with E-state index in [9.17, 15) is 0 Å². The average Bonchev–Trinajstić information content (AvgIpc) is 2.87. The Morgan fingerprint density at radius 2 is 1.86 bits per heavy atom. The summed E-state index contributed by atoms with van der Waals surface area (Å²) in [5.74, 6) is 2.26. The predicted molar refractivity (Wildman–Crippen MR) is 85.2 cm³/mol. The molecule has 2 aromatic carbocycles. The monoisotopic (exact) mass is 364 g/mol. The summed E-state index contributed by atoms with van der Waals surface area (Å²) in [7, 11) is 0. The van der Waals surface area contributed by atoms with Gasteiger partial charge < -0.3 is 14.5 Å². The first-order valence-corrected chi connectivity index (χ1v) is 7.62.